The van der Waals surface area contributed by atoms with Crippen LogP contribution in [0.3, 0.4) is 0 Å². The van der Waals surface area contributed by atoms with Crippen molar-refractivity contribution in [3.05, 3.63) is 63.3 Å². The third kappa shape index (κ3) is 3.91. The number of hydrogen-bond donors (Lipinski definition) is 1. The van der Waals surface area contributed by atoms with E-state index in [9.17, 15) is 18.0 Å². The summed E-state index contributed by atoms with van der Waals surface area (Å²) in [4.78, 5) is 35.2. The Hall–Kier alpha value is -2.52. The summed E-state index contributed by atoms with van der Waals surface area (Å²) in [5.41, 5.74) is 1.73. The summed E-state index contributed by atoms with van der Waals surface area (Å²) in [5, 5.41) is 0. The number of nitrogens with zero attached hydrogens (tertiary/aromatic N) is 3. The van der Waals surface area contributed by atoms with Gasteiger partial charge in [0, 0.05) is 18.7 Å². The maximum atomic E-state index is 13.2. The summed E-state index contributed by atoms with van der Waals surface area (Å²) >= 11 is 0. The lowest BCUT2D eigenvalue weighted by Gasteiger charge is -2.29. The van der Waals surface area contributed by atoms with Crippen LogP contribution in [-0.2, 0) is 27.8 Å². The number of sulfonamides is 1. The second-order valence-corrected chi connectivity index (χ2v) is 10.0. The first-order chi connectivity index (χ1) is 14.3. The van der Waals surface area contributed by atoms with E-state index in [1.807, 2.05) is 37.3 Å². The van der Waals surface area contributed by atoms with E-state index in [4.69, 9.17) is 0 Å². The largest absolute Gasteiger partial charge is 0.332 e. The van der Waals surface area contributed by atoms with Crippen LogP contribution >= 0.6 is 0 Å². The van der Waals surface area contributed by atoms with E-state index in [-0.39, 0.29) is 36.5 Å². The molecule has 0 bridgehead atoms. The molecule has 0 radical (unpaired) electrons. The number of likely N-dealkylation sites (tertiary alicyclic amines) is 1. The molecular weight excluding hydrogens is 404 g/mol. The van der Waals surface area contributed by atoms with Gasteiger partial charge in [-0.2, -0.15) is 4.31 Å². The van der Waals surface area contributed by atoms with E-state index >= 15 is 0 Å². The molecule has 160 valence electrons. The van der Waals surface area contributed by atoms with Crippen molar-refractivity contribution in [2.24, 2.45) is 0 Å². The molecule has 1 amide bonds. The first-order valence-corrected chi connectivity index (χ1v) is 12.0. The number of fused-ring (bicyclic) bond motifs is 1. The number of nitrogens with one attached hydrogen (secondary N) is 1. The molecule has 1 saturated heterocycles. The van der Waals surface area contributed by atoms with Gasteiger partial charge in [0.1, 0.15) is 5.82 Å². The predicted molar refractivity (Wildman–Crippen MR) is 112 cm³/mol. The van der Waals surface area contributed by atoms with Crippen molar-refractivity contribution < 1.29 is 13.2 Å². The van der Waals surface area contributed by atoms with E-state index in [1.54, 1.807) is 4.90 Å². The standard InChI is InChI=1S/C21H26N4O4S/c1-14(15-7-4-3-5-8-15)21(27)25-11-6-9-18(25)19-22-17-13-24(30(2,28)29)12-10-16(17)20(26)23-19/h3-5,7-8,14,18H,6,9-13H2,1-2H3,(H,22,23,26)/t14-,18+/m0/s1. The zero-order chi connectivity index (χ0) is 21.5. The lowest BCUT2D eigenvalue weighted by atomic mass is 9.99. The van der Waals surface area contributed by atoms with Crippen molar-refractivity contribution in [3.8, 4) is 0 Å². The van der Waals surface area contributed by atoms with E-state index in [2.05, 4.69) is 9.97 Å². The minimum absolute atomic E-state index is 0.00170. The zero-order valence-electron chi connectivity index (χ0n) is 17.2. The van der Waals surface area contributed by atoms with Crippen LogP contribution in [0.4, 0.5) is 0 Å². The summed E-state index contributed by atoms with van der Waals surface area (Å²) in [6.45, 7) is 2.86. The van der Waals surface area contributed by atoms with Crippen molar-refractivity contribution >= 4 is 15.9 Å². The average Bonchev–Trinajstić information content (AvgIpc) is 3.22. The molecule has 1 fully saturated rings. The molecule has 8 nitrogen and oxygen atoms in total. The monoisotopic (exact) mass is 430 g/mol. The first kappa shape index (κ1) is 20.7. The van der Waals surface area contributed by atoms with Crippen LogP contribution in [0.5, 0.6) is 0 Å². The van der Waals surface area contributed by atoms with Gasteiger partial charge in [-0.05, 0) is 31.7 Å². The Morgan fingerprint density at radius 1 is 1.23 bits per heavy atom. The second kappa shape index (κ2) is 7.96. The SMILES string of the molecule is C[C@H](C(=O)N1CCC[C@@H]1c1nc2c(c(=O)[nH]1)CCN(S(C)(=O)=O)C2)c1ccccc1. The van der Waals surface area contributed by atoms with Crippen molar-refractivity contribution in [1.82, 2.24) is 19.2 Å². The number of H-pyrrole nitrogens is 1. The number of aromatic nitrogens is 2. The summed E-state index contributed by atoms with van der Waals surface area (Å²) in [6, 6.07) is 9.31. The third-order valence-corrected chi connectivity index (χ3v) is 7.30. The Morgan fingerprint density at radius 3 is 2.67 bits per heavy atom. The number of carbonyl (C=O) groups excluding carboxylic acids is 1. The molecule has 0 aliphatic carbocycles. The van der Waals surface area contributed by atoms with Gasteiger partial charge in [-0.1, -0.05) is 30.3 Å². The third-order valence-electron chi connectivity index (χ3n) is 6.05. The Morgan fingerprint density at radius 2 is 1.97 bits per heavy atom. The quantitative estimate of drug-likeness (QED) is 0.793. The van der Waals surface area contributed by atoms with Crippen molar-refractivity contribution in [2.45, 2.75) is 44.7 Å². The Bertz CT molecular complexity index is 1110. The number of benzene rings is 1. The Balaban J connectivity index is 1.63. The maximum Gasteiger partial charge on any atom is 0.254 e. The van der Waals surface area contributed by atoms with Gasteiger partial charge in [-0.15, -0.1) is 0 Å². The highest BCUT2D eigenvalue weighted by Crippen LogP contribution is 2.33. The predicted octanol–water partition coefficient (Wildman–Crippen LogP) is 1.55. The van der Waals surface area contributed by atoms with Crippen LogP contribution in [-0.4, -0.2) is 52.8 Å². The van der Waals surface area contributed by atoms with Crippen LogP contribution < -0.4 is 5.56 Å². The van der Waals surface area contributed by atoms with Gasteiger partial charge in [0.15, 0.2) is 0 Å². The van der Waals surface area contributed by atoms with Crippen LogP contribution in [0.2, 0.25) is 0 Å². The minimum Gasteiger partial charge on any atom is -0.332 e. The summed E-state index contributed by atoms with van der Waals surface area (Å²) in [5.74, 6) is 0.152. The molecule has 0 saturated carbocycles. The summed E-state index contributed by atoms with van der Waals surface area (Å²) < 4.78 is 25.2. The molecule has 1 aromatic heterocycles. The molecule has 0 unspecified atom stereocenters. The number of hydrogen-bond acceptors (Lipinski definition) is 5. The highest BCUT2D eigenvalue weighted by molar-refractivity contribution is 7.88. The molecule has 2 aliphatic heterocycles. The van der Waals surface area contributed by atoms with Gasteiger partial charge < -0.3 is 9.88 Å². The molecule has 9 heteroatoms. The molecular formula is C21H26N4O4S. The smallest absolute Gasteiger partial charge is 0.254 e. The number of aromatic amines is 1. The van der Waals surface area contributed by atoms with Crippen LogP contribution in [0.15, 0.2) is 35.1 Å². The molecule has 1 aromatic carbocycles. The Labute approximate surface area is 176 Å². The lowest BCUT2D eigenvalue weighted by molar-refractivity contribution is -0.133. The number of carbonyl (C=O) groups is 1. The maximum absolute atomic E-state index is 13.2. The molecule has 0 spiro atoms. The van der Waals surface area contributed by atoms with Gasteiger partial charge in [0.2, 0.25) is 15.9 Å². The van der Waals surface area contributed by atoms with Gasteiger partial charge in [0.05, 0.1) is 30.5 Å². The van der Waals surface area contributed by atoms with Gasteiger partial charge >= 0.3 is 0 Å². The lowest BCUT2D eigenvalue weighted by Crippen LogP contribution is -2.40. The van der Waals surface area contributed by atoms with Crippen LogP contribution in [0.1, 0.15) is 54.4 Å². The Kier molecular flexibility index (Phi) is 5.50. The van der Waals surface area contributed by atoms with Crippen molar-refractivity contribution in [3.63, 3.8) is 0 Å². The van der Waals surface area contributed by atoms with Gasteiger partial charge in [0.25, 0.3) is 5.56 Å². The van der Waals surface area contributed by atoms with Crippen molar-refractivity contribution in [2.75, 3.05) is 19.3 Å². The fourth-order valence-electron chi connectivity index (χ4n) is 4.32. The molecule has 4 rings (SSSR count). The topological polar surface area (TPSA) is 103 Å². The molecule has 3 heterocycles. The fourth-order valence-corrected chi connectivity index (χ4v) is 5.10. The second-order valence-electron chi connectivity index (χ2n) is 8.04. The van der Waals surface area contributed by atoms with E-state index in [0.29, 0.717) is 36.5 Å². The molecule has 2 aliphatic rings. The van der Waals surface area contributed by atoms with Crippen molar-refractivity contribution in [1.29, 1.82) is 0 Å². The molecule has 30 heavy (non-hydrogen) atoms. The highest BCUT2D eigenvalue weighted by atomic mass is 32.2. The van der Waals surface area contributed by atoms with Gasteiger partial charge in [-0.3, -0.25) is 9.59 Å². The highest BCUT2D eigenvalue weighted by Gasteiger charge is 2.35. The van der Waals surface area contributed by atoms with E-state index < -0.39 is 10.0 Å². The van der Waals surface area contributed by atoms with Gasteiger partial charge in [-0.25, -0.2) is 13.4 Å². The summed E-state index contributed by atoms with van der Waals surface area (Å²) in [6.07, 6.45) is 3.04. The molecule has 2 aromatic rings. The zero-order valence-corrected chi connectivity index (χ0v) is 18.0. The number of amides is 1. The van der Waals surface area contributed by atoms with E-state index in [0.717, 1.165) is 18.2 Å². The number of rotatable bonds is 4. The normalized spacial score (nSPS) is 20.7. The first-order valence-electron chi connectivity index (χ1n) is 10.2. The van der Waals surface area contributed by atoms with Crippen LogP contribution in [0.25, 0.3) is 0 Å². The fraction of sp³-hybridized carbons (Fsp3) is 0.476. The average molecular weight is 431 g/mol. The minimum atomic E-state index is -3.36. The molecule has 1 N–H and O–H groups in total. The molecule has 2 atom stereocenters. The van der Waals surface area contributed by atoms with Crippen LogP contribution in [0, 0.1) is 0 Å². The summed E-state index contributed by atoms with van der Waals surface area (Å²) in [7, 11) is -3.36. The van der Waals surface area contributed by atoms with E-state index in [1.165, 1.54) is 4.31 Å².